The predicted molar refractivity (Wildman–Crippen MR) is 86.7 cm³/mol. The summed E-state index contributed by atoms with van der Waals surface area (Å²) >= 11 is 0. The standard InChI is InChI=1S/C19H25NO2/c1-4-5-18(3)10-20-9-13-14(18)7-15(21)19-8-12(16(13)19)6-11(2)17(19)22/h6,9,13-16,21H,2,4-5,7-8,10H2,1,3H3/t13-,14?,15+,16?,18-,19-/m0/s1. The molecule has 2 unspecified atom stereocenters. The maximum absolute atomic E-state index is 12.7. The Kier molecular flexibility index (Phi) is 2.88. The molecule has 2 bridgehead atoms. The Morgan fingerprint density at radius 3 is 3.00 bits per heavy atom. The fraction of sp³-hybridized carbons (Fsp3) is 0.684. The Morgan fingerprint density at radius 2 is 2.27 bits per heavy atom. The molecule has 5 rings (SSSR count). The van der Waals surface area contributed by atoms with E-state index in [1.807, 2.05) is 6.08 Å². The van der Waals surface area contributed by atoms with Crippen LogP contribution in [0, 0.1) is 28.6 Å². The SMILES string of the molecule is C=C1C=C2C[C@@]3(C1=O)C2[C@H]1C=NC[C@](C)(CCC)C1C[C@H]3O. The highest BCUT2D eigenvalue weighted by Gasteiger charge is 2.69. The van der Waals surface area contributed by atoms with Crippen LogP contribution in [0.25, 0.3) is 0 Å². The van der Waals surface area contributed by atoms with Gasteiger partial charge in [-0.3, -0.25) is 9.79 Å². The Balaban J connectivity index is 1.78. The van der Waals surface area contributed by atoms with E-state index >= 15 is 0 Å². The molecule has 0 radical (unpaired) electrons. The van der Waals surface area contributed by atoms with Crippen molar-refractivity contribution in [1.82, 2.24) is 0 Å². The first-order valence-corrected chi connectivity index (χ1v) is 8.56. The zero-order chi connectivity index (χ0) is 15.7. The van der Waals surface area contributed by atoms with Crippen molar-refractivity contribution in [3.63, 3.8) is 0 Å². The van der Waals surface area contributed by atoms with E-state index in [1.54, 1.807) is 0 Å². The predicted octanol–water partition coefficient (Wildman–Crippen LogP) is 2.95. The third kappa shape index (κ3) is 1.51. The van der Waals surface area contributed by atoms with Gasteiger partial charge in [0.2, 0.25) is 0 Å². The molecule has 3 heteroatoms. The molecule has 2 saturated carbocycles. The molecule has 1 spiro atoms. The Bertz CT molecular complexity index is 619. The van der Waals surface area contributed by atoms with Gasteiger partial charge >= 0.3 is 0 Å². The molecule has 118 valence electrons. The minimum atomic E-state index is -0.585. The third-order valence-electron chi connectivity index (χ3n) is 6.89. The first-order valence-electron chi connectivity index (χ1n) is 8.56. The van der Waals surface area contributed by atoms with Gasteiger partial charge in [0.15, 0.2) is 5.78 Å². The minimum Gasteiger partial charge on any atom is -0.392 e. The first-order chi connectivity index (χ1) is 10.4. The molecule has 4 aliphatic carbocycles. The van der Waals surface area contributed by atoms with Crippen molar-refractivity contribution in [1.29, 1.82) is 0 Å². The number of fused-ring (bicyclic) bond motifs is 3. The normalized spacial score (nSPS) is 49.1. The summed E-state index contributed by atoms with van der Waals surface area (Å²) in [7, 11) is 0. The van der Waals surface area contributed by atoms with E-state index in [-0.39, 0.29) is 17.1 Å². The minimum absolute atomic E-state index is 0.0784. The molecule has 1 N–H and O–H groups in total. The summed E-state index contributed by atoms with van der Waals surface area (Å²) in [5.41, 5.74) is 1.46. The largest absolute Gasteiger partial charge is 0.392 e. The van der Waals surface area contributed by atoms with Crippen LogP contribution in [0.5, 0.6) is 0 Å². The Labute approximate surface area is 132 Å². The zero-order valence-corrected chi connectivity index (χ0v) is 13.5. The summed E-state index contributed by atoms with van der Waals surface area (Å²) in [5, 5.41) is 10.9. The average Bonchev–Trinajstić information content (AvgIpc) is 2.44. The number of carbonyl (C=O) groups is 1. The molecule has 5 aliphatic rings. The molecule has 1 aliphatic heterocycles. The quantitative estimate of drug-likeness (QED) is 0.797. The molecule has 0 aromatic carbocycles. The van der Waals surface area contributed by atoms with E-state index < -0.39 is 11.5 Å². The van der Waals surface area contributed by atoms with E-state index in [0.29, 0.717) is 17.4 Å². The molecular formula is C19H25NO2. The van der Waals surface area contributed by atoms with Crippen molar-refractivity contribution >= 4 is 12.0 Å². The van der Waals surface area contributed by atoms with Gasteiger partial charge in [0.05, 0.1) is 11.5 Å². The van der Waals surface area contributed by atoms with Crippen molar-refractivity contribution in [2.75, 3.05) is 6.54 Å². The van der Waals surface area contributed by atoms with Gasteiger partial charge in [-0.15, -0.1) is 0 Å². The van der Waals surface area contributed by atoms with Crippen LogP contribution in [0.4, 0.5) is 0 Å². The van der Waals surface area contributed by atoms with Crippen molar-refractivity contribution < 1.29 is 9.90 Å². The number of ketones is 1. The Hall–Kier alpha value is -1.22. The molecule has 1 heterocycles. The summed E-state index contributed by atoms with van der Waals surface area (Å²) in [6.07, 6.45) is 7.29. The van der Waals surface area contributed by atoms with Gasteiger partial charge in [0.1, 0.15) is 0 Å². The lowest BCUT2D eigenvalue weighted by atomic mass is 9.38. The number of hydrogen-bond acceptors (Lipinski definition) is 3. The summed E-state index contributed by atoms with van der Waals surface area (Å²) in [6, 6.07) is 0. The summed E-state index contributed by atoms with van der Waals surface area (Å²) in [5.74, 6) is 0.987. The van der Waals surface area contributed by atoms with Crippen molar-refractivity contribution in [3.8, 4) is 0 Å². The molecule has 0 aromatic heterocycles. The molecule has 22 heavy (non-hydrogen) atoms. The van der Waals surface area contributed by atoms with E-state index in [0.717, 1.165) is 32.2 Å². The van der Waals surface area contributed by atoms with Crippen LogP contribution in [0.15, 0.2) is 28.8 Å². The second-order valence-corrected chi connectivity index (χ2v) is 8.10. The van der Waals surface area contributed by atoms with Crippen LogP contribution >= 0.6 is 0 Å². The second-order valence-electron chi connectivity index (χ2n) is 8.10. The fourth-order valence-corrected chi connectivity index (χ4v) is 5.89. The number of allylic oxidation sites excluding steroid dienone is 3. The molecule has 2 fully saturated rings. The maximum Gasteiger partial charge on any atom is 0.171 e. The number of aliphatic imine (C=N–C) groups is 1. The van der Waals surface area contributed by atoms with Crippen molar-refractivity contribution in [3.05, 3.63) is 23.8 Å². The number of Topliss-reactive ketones (excluding diaryl/α,β-unsaturated/α-hetero) is 1. The number of nitrogens with zero attached hydrogens (tertiary/aromatic N) is 1. The molecule has 0 amide bonds. The monoisotopic (exact) mass is 299 g/mol. The highest BCUT2D eigenvalue weighted by Crippen LogP contribution is 2.67. The number of carbonyl (C=O) groups excluding carboxylic acids is 1. The topological polar surface area (TPSA) is 49.7 Å². The second kappa shape index (κ2) is 4.41. The molecular weight excluding hydrogens is 274 g/mol. The van der Waals surface area contributed by atoms with Crippen molar-refractivity contribution in [2.45, 2.75) is 45.6 Å². The third-order valence-corrected chi connectivity index (χ3v) is 6.89. The van der Waals surface area contributed by atoms with Gasteiger partial charge in [0.25, 0.3) is 0 Å². The van der Waals surface area contributed by atoms with Gasteiger partial charge in [-0.1, -0.05) is 38.5 Å². The molecule has 3 nitrogen and oxygen atoms in total. The highest BCUT2D eigenvalue weighted by atomic mass is 16.3. The van der Waals surface area contributed by atoms with Gasteiger partial charge in [-0.25, -0.2) is 0 Å². The average molecular weight is 299 g/mol. The van der Waals surface area contributed by atoms with Crippen LogP contribution in [0.1, 0.15) is 39.5 Å². The van der Waals surface area contributed by atoms with E-state index in [4.69, 9.17) is 0 Å². The van der Waals surface area contributed by atoms with Crippen LogP contribution in [0.2, 0.25) is 0 Å². The first kappa shape index (κ1) is 14.4. The molecule has 6 atom stereocenters. The zero-order valence-electron chi connectivity index (χ0n) is 13.5. The lowest BCUT2D eigenvalue weighted by Crippen LogP contribution is -2.67. The van der Waals surface area contributed by atoms with Crippen molar-refractivity contribution in [2.24, 2.45) is 33.6 Å². The summed E-state index contributed by atoms with van der Waals surface area (Å²) in [4.78, 5) is 17.4. The van der Waals surface area contributed by atoms with E-state index in [9.17, 15) is 9.90 Å². The lowest BCUT2D eigenvalue weighted by Gasteiger charge is -2.65. The van der Waals surface area contributed by atoms with Gasteiger partial charge in [-0.2, -0.15) is 0 Å². The summed E-state index contributed by atoms with van der Waals surface area (Å²) < 4.78 is 0. The van der Waals surface area contributed by atoms with Gasteiger partial charge in [-0.05, 0) is 30.6 Å². The Morgan fingerprint density at radius 1 is 1.50 bits per heavy atom. The van der Waals surface area contributed by atoms with Crippen LogP contribution in [0.3, 0.4) is 0 Å². The smallest absolute Gasteiger partial charge is 0.171 e. The number of aliphatic hydroxyl groups excluding tert-OH is 1. The van der Waals surface area contributed by atoms with Crippen LogP contribution in [-0.4, -0.2) is 29.8 Å². The number of hydrogen-bond donors (Lipinski definition) is 1. The van der Waals surface area contributed by atoms with E-state index in [2.05, 4.69) is 31.6 Å². The highest BCUT2D eigenvalue weighted by molar-refractivity contribution is 6.07. The maximum atomic E-state index is 12.7. The van der Waals surface area contributed by atoms with Gasteiger partial charge in [0, 0.05) is 30.2 Å². The fourth-order valence-electron chi connectivity index (χ4n) is 5.89. The summed E-state index contributed by atoms with van der Waals surface area (Å²) in [6.45, 7) is 9.28. The van der Waals surface area contributed by atoms with E-state index in [1.165, 1.54) is 5.57 Å². The lowest BCUT2D eigenvalue weighted by molar-refractivity contribution is -0.165. The number of rotatable bonds is 2. The molecule has 0 aromatic rings. The van der Waals surface area contributed by atoms with Gasteiger partial charge < -0.3 is 5.11 Å². The number of aliphatic hydroxyl groups is 1. The van der Waals surface area contributed by atoms with Crippen LogP contribution < -0.4 is 0 Å². The molecule has 0 saturated heterocycles. The van der Waals surface area contributed by atoms with Crippen LogP contribution in [-0.2, 0) is 4.79 Å².